The first-order valence-corrected chi connectivity index (χ1v) is 5.25. The van der Waals surface area contributed by atoms with E-state index in [0.717, 1.165) is 16.7 Å². The van der Waals surface area contributed by atoms with Gasteiger partial charge >= 0.3 is 0 Å². The van der Waals surface area contributed by atoms with Gasteiger partial charge in [-0.3, -0.25) is 0 Å². The van der Waals surface area contributed by atoms with Crippen molar-refractivity contribution in [1.82, 2.24) is 0 Å². The molecule has 2 rings (SSSR count). The number of aliphatic hydroxyl groups is 1. The van der Waals surface area contributed by atoms with Gasteiger partial charge in [0.15, 0.2) is 0 Å². The molecule has 0 aliphatic rings. The Morgan fingerprint density at radius 2 is 1.75 bits per heavy atom. The zero-order chi connectivity index (χ0) is 11.5. The predicted molar refractivity (Wildman–Crippen MR) is 64.2 cm³/mol. The molecule has 2 aromatic rings. The second kappa shape index (κ2) is 4.37. The van der Waals surface area contributed by atoms with E-state index in [4.69, 9.17) is 0 Å². The predicted octanol–water partition coefficient (Wildman–Crippen LogP) is 3.11. The minimum Gasteiger partial charge on any atom is -0.508 e. The van der Waals surface area contributed by atoms with Crippen molar-refractivity contribution < 1.29 is 10.2 Å². The Balaban J connectivity index is 2.55. The van der Waals surface area contributed by atoms with Gasteiger partial charge in [0.25, 0.3) is 0 Å². The molecule has 0 radical (unpaired) electrons. The number of hydrogen-bond acceptors (Lipinski definition) is 2. The van der Waals surface area contributed by atoms with E-state index in [1.54, 1.807) is 25.1 Å². The third kappa shape index (κ3) is 2.07. The molecular formula is C14H14O2. The largest absolute Gasteiger partial charge is 0.508 e. The summed E-state index contributed by atoms with van der Waals surface area (Å²) in [6.07, 6.45) is -0.515. The maximum atomic E-state index is 9.67. The summed E-state index contributed by atoms with van der Waals surface area (Å²) in [5.41, 5.74) is 2.73. The SMILES string of the molecule is C[C@H](O)c1ccccc1-c1cccc(O)c1. The highest BCUT2D eigenvalue weighted by Crippen LogP contribution is 2.29. The van der Waals surface area contributed by atoms with Gasteiger partial charge in [-0.05, 0) is 35.7 Å². The summed E-state index contributed by atoms with van der Waals surface area (Å²) >= 11 is 0. The zero-order valence-corrected chi connectivity index (χ0v) is 9.09. The lowest BCUT2D eigenvalue weighted by Gasteiger charge is -2.12. The van der Waals surface area contributed by atoms with Crippen LogP contribution in [0.4, 0.5) is 0 Å². The van der Waals surface area contributed by atoms with Gasteiger partial charge in [-0.15, -0.1) is 0 Å². The van der Waals surface area contributed by atoms with Crippen molar-refractivity contribution in [3.05, 3.63) is 54.1 Å². The quantitative estimate of drug-likeness (QED) is 0.806. The van der Waals surface area contributed by atoms with Crippen LogP contribution < -0.4 is 0 Å². The van der Waals surface area contributed by atoms with Crippen molar-refractivity contribution in [3.8, 4) is 16.9 Å². The molecular weight excluding hydrogens is 200 g/mol. The minimum absolute atomic E-state index is 0.234. The van der Waals surface area contributed by atoms with Crippen molar-refractivity contribution in [2.75, 3.05) is 0 Å². The number of phenols is 1. The first kappa shape index (κ1) is 10.7. The standard InChI is InChI=1S/C14H14O2/c1-10(15)13-7-2-3-8-14(13)11-5-4-6-12(16)9-11/h2-10,15-16H,1H3/t10-/m0/s1. The molecule has 0 amide bonds. The molecule has 16 heavy (non-hydrogen) atoms. The van der Waals surface area contributed by atoms with E-state index < -0.39 is 6.10 Å². The third-order valence-electron chi connectivity index (χ3n) is 2.57. The molecule has 2 N–H and O–H groups in total. The van der Waals surface area contributed by atoms with E-state index >= 15 is 0 Å². The topological polar surface area (TPSA) is 40.5 Å². The summed E-state index contributed by atoms with van der Waals surface area (Å²) in [5.74, 6) is 0.234. The van der Waals surface area contributed by atoms with Crippen molar-refractivity contribution in [3.63, 3.8) is 0 Å². The summed E-state index contributed by atoms with van der Waals surface area (Å²) in [6.45, 7) is 1.74. The molecule has 0 aromatic heterocycles. The van der Waals surface area contributed by atoms with Crippen LogP contribution in [0.5, 0.6) is 5.75 Å². The van der Waals surface area contributed by atoms with E-state index in [9.17, 15) is 10.2 Å². The second-order valence-corrected chi connectivity index (χ2v) is 3.81. The van der Waals surface area contributed by atoms with Crippen LogP contribution in [0, 0.1) is 0 Å². The van der Waals surface area contributed by atoms with Gasteiger partial charge in [-0.2, -0.15) is 0 Å². The number of hydrogen-bond donors (Lipinski definition) is 2. The lowest BCUT2D eigenvalue weighted by molar-refractivity contribution is 0.200. The van der Waals surface area contributed by atoms with Gasteiger partial charge in [0.05, 0.1) is 6.10 Å². The van der Waals surface area contributed by atoms with Crippen molar-refractivity contribution in [2.24, 2.45) is 0 Å². The van der Waals surface area contributed by atoms with Gasteiger partial charge in [0, 0.05) is 0 Å². The molecule has 0 unspecified atom stereocenters. The highest BCUT2D eigenvalue weighted by Gasteiger charge is 2.08. The van der Waals surface area contributed by atoms with Gasteiger partial charge in [0.1, 0.15) is 5.75 Å². The highest BCUT2D eigenvalue weighted by atomic mass is 16.3. The van der Waals surface area contributed by atoms with Gasteiger partial charge in [-0.1, -0.05) is 36.4 Å². The molecule has 0 bridgehead atoms. The van der Waals surface area contributed by atoms with Crippen LogP contribution in [0.25, 0.3) is 11.1 Å². The summed E-state index contributed by atoms with van der Waals surface area (Å²) in [4.78, 5) is 0. The molecule has 2 aromatic carbocycles. The van der Waals surface area contributed by atoms with Crippen LogP contribution in [-0.4, -0.2) is 10.2 Å². The monoisotopic (exact) mass is 214 g/mol. The van der Waals surface area contributed by atoms with Crippen LogP contribution in [0.2, 0.25) is 0 Å². The molecule has 0 saturated heterocycles. The first-order valence-electron chi connectivity index (χ1n) is 5.25. The van der Waals surface area contributed by atoms with E-state index in [1.807, 2.05) is 30.3 Å². The number of rotatable bonds is 2. The lowest BCUT2D eigenvalue weighted by Crippen LogP contribution is -1.94. The highest BCUT2D eigenvalue weighted by molar-refractivity contribution is 5.68. The van der Waals surface area contributed by atoms with Crippen molar-refractivity contribution in [1.29, 1.82) is 0 Å². The van der Waals surface area contributed by atoms with E-state index in [0.29, 0.717) is 0 Å². The Labute approximate surface area is 94.8 Å². The maximum absolute atomic E-state index is 9.67. The summed E-state index contributed by atoms with van der Waals surface area (Å²) in [5, 5.41) is 19.1. The number of aliphatic hydroxyl groups excluding tert-OH is 1. The Morgan fingerprint density at radius 1 is 1.00 bits per heavy atom. The fraction of sp³-hybridized carbons (Fsp3) is 0.143. The number of aromatic hydroxyl groups is 1. The normalized spacial score (nSPS) is 12.4. The molecule has 2 nitrogen and oxygen atoms in total. The molecule has 82 valence electrons. The second-order valence-electron chi connectivity index (χ2n) is 3.81. The average Bonchev–Trinajstić information content (AvgIpc) is 2.29. The van der Waals surface area contributed by atoms with Crippen molar-refractivity contribution >= 4 is 0 Å². The van der Waals surface area contributed by atoms with E-state index in [2.05, 4.69) is 0 Å². The van der Waals surface area contributed by atoms with Gasteiger partial charge in [0.2, 0.25) is 0 Å². The Kier molecular flexibility index (Phi) is 2.93. The van der Waals surface area contributed by atoms with E-state index in [-0.39, 0.29) is 5.75 Å². The third-order valence-corrected chi connectivity index (χ3v) is 2.57. The average molecular weight is 214 g/mol. The Hall–Kier alpha value is -1.80. The van der Waals surface area contributed by atoms with Crippen LogP contribution in [-0.2, 0) is 0 Å². The fourth-order valence-corrected chi connectivity index (χ4v) is 1.80. The smallest absolute Gasteiger partial charge is 0.116 e. The Bertz CT molecular complexity index is 490. The molecule has 0 saturated carbocycles. The molecule has 0 heterocycles. The zero-order valence-electron chi connectivity index (χ0n) is 9.09. The van der Waals surface area contributed by atoms with Crippen LogP contribution in [0.15, 0.2) is 48.5 Å². The van der Waals surface area contributed by atoms with Crippen molar-refractivity contribution in [2.45, 2.75) is 13.0 Å². The Morgan fingerprint density at radius 3 is 2.44 bits per heavy atom. The molecule has 0 aliphatic carbocycles. The van der Waals surface area contributed by atoms with Crippen LogP contribution in [0.1, 0.15) is 18.6 Å². The lowest BCUT2D eigenvalue weighted by atomic mass is 9.97. The van der Waals surface area contributed by atoms with Crippen LogP contribution >= 0.6 is 0 Å². The molecule has 0 spiro atoms. The summed E-state index contributed by atoms with van der Waals surface area (Å²) < 4.78 is 0. The first-order chi connectivity index (χ1) is 7.68. The summed E-state index contributed by atoms with van der Waals surface area (Å²) in [6, 6.07) is 14.7. The van der Waals surface area contributed by atoms with Gasteiger partial charge < -0.3 is 10.2 Å². The summed E-state index contributed by atoms with van der Waals surface area (Å²) in [7, 11) is 0. The van der Waals surface area contributed by atoms with E-state index in [1.165, 1.54) is 0 Å². The molecule has 0 aliphatic heterocycles. The van der Waals surface area contributed by atoms with Gasteiger partial charge in [-0.25, -0.2) is 0 Å². The molecule has 2 heteroatoms. The number of benzene rings is 2. The fourth-order valence-electron chi connectivity index (χ4n) is 1.80. The maximum Gasteiger partial charge on any atom is 0.116 e. The minimum atomic E-state index is -0.515. The van der Waals surface area contributed by atoms with Crippen LogP contribution in [0.3, 0.4) is 0 Å². The molecule has 1 atom stereocenters. The number of phenolic OH excluding ortho intramolecular Hbond substituents is 1. The molecule has 0 fully saturated rings.